The zero-order valence-corrected chi connectivity index (χ0v) is 19.5. The molecule has 168 valence electrons. The summed E-state index contributed by atoms with van der Waals surface area (Å²) in [4.78, 5) is 30.5. The summed E-state index contributed by atoms with van der Waals surface area (Å²) in [5.41, 5.74) is 0.992. The summed E-state index contributed by atoms with van der Waals surface area (Å²) in [5, 5.41) is 0. The van der Waals surface area contributed by atoms with E-state index < -0.39 is 0 Å². The van der Waals surface area contributed by atoms with Gasteiger partial charge in [0.1, 0.15) is 6.61 Å². The van der Waals surface area contributed by atoms with Gasteiger partial charge in [-0.15, -0.1) is 23.4 Å². The topological polar surface area (TPSA) is 49.9 Å². The molecule has 2 amide bonds. The van der Waals surface area contributed by atoms with Crippen LogP contribution < -0.4 is 0 Å². The largest absolute Gasteiger partial charge is 0.445 e. The SMILES string of the molecule is O=C(OCc1ccccc1)N1CCC(C2=CC(C(=O)N3CCCCCC3)C(Cl)S2)CC1. The molecule has 4 rings (SSSR count). The molecule has 7 heteroatoms. The molecule has 0 radical (unpaired) electrons. The molecule has 1 aromatic carbocycles. The van der Waals surface area contributed by atoms with Crippen LogP contribution in [0.3, 0.4) is 0 Å². The van der Waals surface area contributed by atoms with Gasteiger partial charge in [0, 0.05) is 26.2 Å². The van der Waals surface area contributed by atoms with Gasteiger partial charge in [-0.3, -0.25) is 4.79 Å². The van der Waals surface area contributed by atoms with Gasteiger partial charge >= 0.3 is 6.09 Å². The fraction of sp³-hybridized carbons (Fsp3) is 0.583. The second-order valence-corrected chi connectivity index (χ2v) is 10.5. The first-order valence-electron chi connectivity index (χ1n) is 11.4. The molecule has 3 heterocycles. The van der Waals surface area contributed by atoms with Crippen molar-refractivity contribution in [3.05, 3.63) is 46.9 Å². The lowest BCUT2D eigenvalue weighted by atomic mass is 9.94. The Kier molecular flexibility index (Phi) is 7.83. The molecule has 2 saturated heterocycles. The van der Waals surface area contributed by atoms with E-state index in [0.717, 1.165) is 44.3 Å². The monoisotopic (exact) mass is 462 g/mol. The average molecular weight is 463 g/mol. The summed E-state index contributed by atoms with van der Waals surface area (Å²) >= 11 is 8.24. The number of ether oxygens (including phenoxy) is 1. The van der Waals surface area contributed by atoms with E-state index in [1.165, 1.54) is 17.7 Å². The molecule has 2 unspecified atom stereocenters. The molecule has 0 aliphatic carbocycles. The molecule has 3 aliphatic heterocycles. The average Bonchev–Trinajstić information content (AvgIpc) is 3.00. The summed E-state index contributed by atoms with van der Waals surface area (Å²) < 4.78 is 5.24. The lowest BCUT2D eigenvalue weighted by Gasteiger charge is -2.31. The van der Waals surface area contributed by atoms with Crippen molar-refractivity contribution in [2.45, 2.75) is 49.8 Å². The number of hydrogen-bond acceptors (Lipinski definition) is 4. The van der Waals surface area contributed by atoms with Crippen molar-refractivity contribution in [1.82, 2.24) is 9.80 Å². The van der Waals surface area contributed by atoms with E-state index in [1.54, 1.807) is 16.7 Å². The maximum atomic E-state index is 13.0. The smallest absolute Gasteiger partial charge is 0.410 e. The molecule has 0 bridgehead atoms. The van der Waals surface area contributed by atoms with Crippen LogP contribution in [0.2, 0.25) is 0 Å². The highest BCUT2D eigenvalue weighted by molar-refractivity contribution is 8.05. The second kappa shape index (κ2) is 10.8. The number of hydrogen-bond donors (Lipinski definition) is 0. The van der Waals surface area contributed by atoms with E-state index in [0.29, 0.717) is 25.6 Å². The van der Waals surface area contributed by atoms with Crippen molar-refractivity contribution in [1.29, 1.82) is 0 Å². The number of nitrogens with zero attached hydrogens (tertiary/aromatic N) is 2. The number of likely N-dealkylation sites (tertiary alicyclic amines) is 2. The predicted octanol–water partition coefficient (Wildman–Crippen LogP) is 5.25. The second-order valence-electron chi connectivity index (χ2n) is 8.60. The van der Waals surface area contributed by atoms with E-state index in [4.69, 9.17) is 16.3 Å². The van der Waals surface area contributed by atoms with Gasteiger partial charge in [0.15, 0.2) is 0 Å². The highest BCUT2D eigenvalue weighted by Gasteiger charge is 2.38. The summed E-state index contributed by atoms with van der Waals surface area (Å²) in [6, 6.07) is 9.74. The first-order chi connectivity index (χ1) is 15.1. The molecule has 2 fully saturated rings. The Morgan fingerprint density at radius 1 is 0.968 bits per heavy atom. The molecular weight excluding hydrogens is 432 g/mol. The van der Waals surface area contributed by atoms with Gasteiger partial charge in [0.25, 0.3) is 0 Å². The number of carbonyl (C=O) groups is 2. The van der Waals surface area contributed by atoms with Gasteiger partial charge < -0.3 is 14.5 Å². The van der Waals surface area contributed by atoms with Crippen LogP contribution in [0.15, 0.2) is 41.3 Å². The summed E-state index contributed by atoms with van der Waals surface area (Å²) in [6.45, 7) is 3.36. The zero-order chi connectivity index (χ0) is 21.6. The van der Waals surface area contributed by atoms with Gasteiger partial charge in [-0.2, -0.15) is 0 Å². The maximum Gasteiger partial charge on any atom is 0.410 e. The van der Waals surface area contributed by atoms with Crippen molar-refractivity contribution >= 4 is 35.4 Å². The minimum atomic E-state index is -0.250. The number of alkyl halides is 1. The normalized spacial score (nSPS) is 25.1. The van der Waals surface area contributed by atoms with Crippen LogP contribution in [0.5, 0.6) is 0 Å². The summed E-state index contributed by atoms with van der Waals surface area (Å²) in [5.74, 6) is 0.325. The Hall–Kier alpha value is -1.66. The van der Waals surface area contributed by atoms with Crippen LogP contribution in [-0.2, 0) is 16.1 Å². The number of allylic oxidation sites excluding steroid dienone is 1. The number of piperidine rings is 1. The van der Waals surface area contributed by atoms with Gasteiger partial charge in [0.2, 0.25) is 5.91 Å². The molecular formula is C24H31ClN2O3S. The molecule has 1 aromatic rings. The number of halogens is 1. The van der Waals surface area contributed by atoms with Crippen LogP contribution in [0.1, 0.15) is 44.1 Å². The van der Waals surface area contributed by atoms with Crippen molar-refractivity contribution < 1.29 is 14.3 Å². The lowest BCUT2D eigenvalue weighted by Crippen LogP contribution is -2.39. The molecule has 0 saturated carbocycles. The molecule has 0 spiro atoms. The Morgan fingerprint density at radius 2 is 1.65 bits per heavy atom. The zero-order valence-electron chi connectivity index (χ0n) is 17.9. The Bertz CT molecular complexity index is 787. The van der Waals surface area contributed by atoms with E-state index in [1.807, 2.05) is 35.2 Å². The van der Waals surface area contributed by atoms with Crippen LogP contribution in [-0.4, -0.2) is 52.7 Å². The van der Waals surface area contributed by atoms with Crippen LogP contribution in [0, 0.1) is 11.8 Å². The highest BCUT2D eigenvalue weighted by atomic mass is 35.5. The molecule has 0 N–H and O–H groups in total. The number of amides is 2. The van der Waals surface area contributed by atoms with Gasteiger partial charge in [-0.25, -0.2) is 4.79 Å². The Labute approximate surface area is 194 Å². The number of carbonyl (C=O) groups excluding carboxylic acids is 2. The third-order valence-corrected chi connectivity index (χ3v) is 8.24. The standard InChI is InChI=1S/C24H31ClN2O3S/c25-22-20(23(28)26-12-6-1-2-7-13-26)16-21(31-22)19-10-14-27(15-11-19)24(29)30-17-18-8-4-3-5-9-18/h3-5,8-9,16,19-20,22H,1-2,6-7,10-15,17H2. The van der Waals surface area contributed by atoms with E-state index in [2.05, 4.69) is 6.08 Å². The summed E-state index contributed by atoms with van der Waals surface area (Å²) in [6.07, 6.45) is 8.23. The third-order valence-electron chi connectivity index (χ3n) is 6.44. The minimum absolute atomic E-state index is 0.186. The predicted molar refractivity (Wildman–Crippen MR) is 125 cm³/mol. The van der Waals surface area contributed by atoms with Gasteiger partial charge in [-0.05, 0) is 42.1 Å². The lowest BCUT2D eigenvalue weighted by molar-refractivity contribution is -0.133. The van der Waals surface area contributed by atoms with E-state index >= 15 is 0 Å². The van der Waals surface area contributed by atoms with Crippen molar-refractivity contribution in [2.24, 2.45) is 11.8 Å². The highest BCUT2D eigenvalue weighted by Crippen LogP contribution is 2.46. The molecule has 3 aliphatic rings. The van der Waals surface area contributed by atoms with Crippen LogP contribution >= 0.6 is 23.4 Å². The van der Waals surface area contributed by atoms with Crippen LogP contribution in [0.4, 0.5) is 4.79 Å². The van der Waals surface area contributed by atoms with E-state index in [-0.39, 0.29) is 22.6 Å². The Morgan fingerprint density at radius 3 is 2.32 bits per heavy atom. The van der Waals surface area contributed by atoms with Crippen molar-refractivity contribution in [3.8, 4) is 0 Å². The molecule has 2 atom stereocenters. The number of rotatable bonds is 4. The van der Waals surface area contributed by atoms with Crippen molar-refractivity contribution in [3.63, 3.8) is 0 Å². The molecule has 5 nitrogen and oxygen atoms in total. The quantitative estimate of drug-likeness (QED) is 0.573. The van der Waals surface area contributed by atoms with Crippen molar-refractivity contribution in [2.75, 3.05) is 26.2 Å². The summed E-state index contributed by atoms with van der Waals surface area (Å²) in [7, 11) is 0. The fourth-order valence-electron chi connectivity index (χ4n) is 4.57. The fourth-order valence-corrected chi connectivity index (χ4v) is 6.31. The van der Waals surface area contributed by atoms with Gasteiger partial charge in [-0.1, -0.05) is 49.2 Å². The minimum Gasteiger partial charge on any atom is -0.445 e. The number of benzene rings is 1. The molecule has 0 aromatic heterocycles. The van der Waals surface area contributed by atoms with Gasteiger partial charge in [0.05, 0.1) is 10.6 Å². The molecule has 31 heavy (non-hydrogen) atoms. The number of thioether (sulfide) groups is 1. The van der Waals surface area contributed by atoms with Crippen LogP contribution in [0.25, 0.3) is 0 Å². The first-order valence-corrected chi connectivity index (χ1v) is 12.7. The van der Waals surface area contributed by atoms with E-state index in [9.17, 15) is 9.59 Å². The maximum absolute atomic E-state index is 13.0. The Balaban J connectivity index is 1.27. The third kappa shape index (κ3) is 5.78. The first kappa shape index (κ1) is 22.5.